The van der Waals surface area contributed by atoms with Gasteiger partial charge >= 0.3 is 0 Å². The van der Waals surface area contributed by atoms with E-state index in [-0.39, 0.29) is 22.2 Å². The van der Waals surface area contributed by atoms with Gasteiger partial charge in [-0.25, -0.2) is 25.9 Å². The molecule has 0 amide bonds. The molecule has 1 aromatic rings. The van der Waals surface area contributed by atoms with Crippen LogP contribution in [0, 0.1) is 5.92 Å². The fourth-order valence-electron chi connectivity index (χ4n) is 2.66. The maximum atomic E-state index is 12.4. The molecule has 1 atom stereocenters. The van der Waals surface area contributed by atoms with Crippen molar-refractivity contribution in [1.29, 1.82) is 0 Å². The number of rotatable bonds is 7. The van der Waals surface area contributed by atoms with Gasteiger partial charge in [0.2, 0.25) is 20.0 Å². The highest BCUT2D eigenvalue weighted by atomic mass is 35.5. The SMILES string of the molecule is CN(C)S(=O)(=O)c1cccc(S(=O)(=O)NCCC2CCCNC2)c1.Cl. The standard InChI is InChI=1S/C15H25N3O4S2.ClH/c1-18(2)24(21,22)15-7-3-6-14(11-15)23(19,20)17-10-8-13-5-4-9-16-12-13;/h3,6-7,11,13,16-17H,4-5,8-10,12H2,1-2H3;1H. The first-order valence-corrected chi connectivity index (χ1v) is 10.9. The number of nitrogens with zero attached hydrogens (tertiary/aromatic N) is 1. The minimum atomic E-state index is -3.72. The topological polar surface area (TPSA) is 95.6 Å². The minimum Gasteiger partial charge on any atom is -0.316 e. The highest BCUT2D eigenvalue weighted by Crippen LogP contribution is 2.18. The molecule has 1 aliphatic heterocycles. The maximum Gasteiger partial charge on any atom is 0.242 e. The van der Waals surface area contributed by atoms with Crippen LogP contribution in [0.1, 0.15) is 19.3 Å². The predicted molar refractivity (Wildman–Crippen MR) is 100.0 cm³/mol. The number of halogens is 1. The summed E-state index contributed by atoms with van der Waals surface area (Å²) in [5, 5.41) is 3.30. The van der Waals surface area contributed by atoms with Crippen molar-refractivity contribution in [2.75, 3.05) is 33.7 Å². The Morgan fingerprint density at radius 1 is 1.20 bits per heavy atom. The summed E-state index contributed by atoms with van der Waals surface area (Å²) in [6.07, 6.45) is 2.98. The summed E-state index contributed by atoms with van der Waals surface area (Å²) in [4.78, 5) is -0.0703. The van der Waals surface area contributed by atoms with Crippen LogP contribution in [0.4, 0.5) is 0 Å². The number of benzene rings is 1. The maximum absolute atomic E-state index is 12.4. The number of piperidine rings is 1. The zero-order chi connectivity index (χ0) is 17.8. The van der Waals surface area contributed by atoms with Crippen LogP contribution in [0.25, 0.3) is 0 Å². The van der Waals surface area contributed by atoms with Crippen molar-refractivity contribution >= 4 is 32.5 Å². The van der Waals surface area contributed by atoms with Gasteiger partial charge in [-0.3, -0.25) is 0 Å². The Morgan fingerprint density at radius 3 is 2.48 bits per heavy atom. The lowest BCUT2D eigenvalue weighted by Gasteiger charge is -2.22. The lowest BCUT2D eigenvalue weighted by atomic mass is 9.96. The fourth-order valence-corrected chi connectivity index (χ4v) is 4.78. The summed E-state index contributed by atoms with van der Waals surface area (Å²) in [6, 6.07) is 5.43. The molecule has 1 unspecified atom stereocenters. The van der Waals surface area contributed by atoms with Crippen molar-refractivity contribution < 1.29 is 16.8 Å². The molecule has 144 valence electrons. The Bertz CT molecular complexity index is 761. The van der Waals surface area contributed by atoms with Crippen molar-refractivity contribution in [1.82, 2.24) is 14.3 Å². The van der Waals surface area contributed by atoms with Gasteiger partial charge in [0.1, 0.15) is 0 Å². The van der Waals surface area contributed by atoms with Crippen LogP contribution in [-0.2, 0) is 20.0 Å². The van der Waals surface area contributed by atoms with Crippen molar-refractivity contribution in [3.63, 3.8) is 0 Å². The number of hydrogen-bond acceptors (Lipinski definition) is 5. The Labute approximate surface area is 156 Å². The summed E-state index contributed by atoms with van der Waals surface area (Å²) in [5.74, 6) is 0.474. The summed E-state index contributed by atoms with van der Waals surface area (Å²) in [6.45, 7) is 2.28. The van der Waals surface area contributed by atoms with Gasteiger partial charge in [0.05, 0.1) is 9.79 Å². The van der Waals surface area contributed by atoms with E-state index in [2.05, 4.69) is 10.0 Å². The van der Waals surface area contributed by atoms with Gasteiger partial charge in [0.25, 0.3) is 0 Å². The molecule has 0 aromatic heterocycles. The summed E-state index contributed by atoms with van der Waals surface area (Å²) >= 11 is 0. The molecular formula is C15H26ClN3O4S2. The zero-order valence-corrected chi connectivity index (χ0v) is 16.9. The molecule has 1 saturated heterocycles. The third-order valence-electron chi connectivity index (χ3n) is 4.14. The van der Waals surface area contributed by atoms with E-state index >= 15 is 0 Å². The van der Waals surface area contributed by atoms with E-state index in [4.69, 9.17) is 0 Å². The van der Waals surface area contributed by atoms with Crippen molar-refractivity contribution in [3.05, 3.63) is 24.3 Å². The van der Waals surface area contributed by atoms with Crippen LogP contribution >= 0.6 is 12.4 Å². The smallest absolute Gasteiger partial charge is 0.242 e. The first-order chi connectivity index (χ1) is 11.2. The molecule has 0 spiro atoms. The molecule has 10 heteroatoms. The average Bonchev–Trinajstić information content (AvgIpc) is 2.55. The summed E-state index contributed by atoms with van der Waals surface area (Å²) in [7, 11) is -4.57. The van der Waals surface area contributed by atoms with E-state index in [0.29, 0.717) is 12.5 Å². The van der Waals surface area contributed by atoms with E-state index in [1.54, 1.807) is 0 Å². The molecule has 0 saturated carbocycles. The van der Waals surface area contributed by atoms with Gasteiger partial charge in [-0.05, 0) is 56.5 Å². The quantitative estimate of drug-likeness (QED) is 0.698. The second-order valence-corrected chi connectivity index (χ2v) is 10.1. The van der Waals surface area contributed by atoms with Gasteiger partial charge in [-0.2, -0.15) is 0 Å². The molecule has 1 aromatic carbocycles. The predicted octanol–water partition coefficient (Wildman–Crippen LogP) is 1.03. The minimum absolute atomic E-state index is 0. The molecule has 2 rings (SSSR count). The summed E-state index contributed by atoms with van der Waals surface area (Å²) in [5.41, 5.74) is 0. The van der Waals surface area contributed by atoms with Crippen molar-refractivity contribution in [2.45, 2.75) is 29.1 Å². The first-order valence-electron chi connectivity index (χ1n) is 7.96. The fraction of sp³-hybridized carbons (Fsp3) is 0.600. The van der Waals surface area contributed by atoms with Crippen LogP contribution in [-0.4, -0.2) is 54.9 Å². The third kappa shape index (κ3) is 5.90. The highest BCUT2D eigenvalue weighted by Gasteiger charge is 2.21. The number of sulfonamides is 2. The Balaban J connectivity index is 0.00000312. The van der Waals surface area contributed by atoms with Gasteiger partial charge in [-0.15, -0.1) is 12.4 Å². The van der Waals surface area contributed by atoms with Crippen molar-refractivity contribution in [2.24, 2.45) is 5.92 Å². The zero-order valence-electron chi connectivity index (χ0n) is 14.4. The van der Waals surface area contributed by atoms with Gasteiger partial charge in [0.15, 0.2) is 0 Å². The Kier molecular flexibility index (Phi) is 8.30. The molecular weight excluding hydrogens is 386 g/mol. The molecule has 0 radical (unpaired) electrons. The molecule has 2 N–H and O–H groups in total. The number of hydrogen-bond donors (Lipinski definition) is 2. The van der Waals surface area contributed by atoms with E-state index in [1.165, 1.54) is 38.4 Å². The molecule has 1 heterocycles. The van der Waals surface area contributed by atoms with E-state index in [9.17, 15) is 16.8 Å². The largest absolute Gasteiger partial charge is 0.316 e. The van der Waals surface area contributed by atoms with Crippen LogP contribution in [0.5, 0.6) is 0 Å². The van der Waals surface area contributed by atoms with Gasteiger partial charge in [0, 0.05) is 20.6 Å². The van der Waals surface area contributed by atoms with Gasteiger partial charge < -0.3 is 5.32 Å². The second-order valence-electron chi connectivity index (χ2n) is 6.16. The van der Waals surface area contributed by atoms with E-state index in [0.717, 1.165) is 36.7 Å². The Hall–Kier alpha value is -0.710. The van der Waals surface area contributed by atoms with Crippen LogP contribution in [0.2, 0.25) is 0 Å². The summed E-state index contributed by atoms with van der Waals surface area (Å²) < 4.78 is 52.7. The van der Waals surface area contributed by atoms with E-state index < -0.39 is 20.0 Å². The first kappa shape index (κ1) is 22.3. The molecule has 1 aliphatic rings. The number of nitrogens with one attached hydrogen (secondary N) is 2. The van der Waals surface area contributed by atoms with Crippen LogP contribution in [0.3, 0.4) is 0 Å². The van der Waals surface area contributed by atoms with Crippen LogP contribution < -0.4 is 10.0 Å². The molecule has 7 nitrogen and oxygen atoms in total. The molecule has 0 bridgehead atoms. The van der Waals surface area contributed by atoms with Gasteiger partial charge in [-0.1, -0.05) is 6.07 Å². The van der Waals surface area contributed by atoms with E-state index in [1.807, 2.05) is 0 Å². The normalized spacial score (nSPS) is 18.8. The molecule has 1 fully saturated rings. The molecule has 0 aliphatic carbocycles. The second kappa shape index (κ2) is 9.29. The average molecular weight is 412 g/mol. The highest BCUT2D eigenvalue weighted by molar-refractivity contribution is 7.90. The molecule has 25 heavy (non-hydrogen) atoms. The monoisotopic (exact) mass is 411 g/mol. The third-order valence-corrected chi connectivity index (χ3v) is 7.41. The Morgan fingerprint density at radius 2 is 1.88 bits per heavy atom. The lowest BCUT2D eigenvalue weighted by molar-refractivity contribution is 0.358. The van der Waals surface area contributed by atoms with Crippen molar-refractivity contribution in [3.8, 4) is 0 Å². The van der Waals surface area contributed by atoms with Crippen LogP contribution in [0.15, 0.2) is 34.1 Å². The lowest BCUT2D eigenvalue weighted by Crippen LogP contribution is -2.33.